The van der Waals surface area contributed by atoms with Crippen LogP contribution in [0, 0.1) is 0 Å². The smallest absolute Gasteiger partial charge is 0.305 e. The quantitative estimate of drug-likeness (QED) is 0.0320. The molecular formula is C75H145NO5. The topological polar surface area (TPSA) is 95.9 Å². The lowest BCUT2D eigenvalue weighted by Crippen LogP contribution is -2.45. The minimum Gasteiger partial charge on any atom is -0.466 e. The van der Waals surface area contributed by atoms with E-state index in [4.69, 9.17) is 4.74 Å². The summed E-state index contributed by atoms with van der Waals surface area (Å²) in [5, 5.41) is 23.3. The van der Waals surface area contributed by atoms with Gasteiger partial charge in [-0.05, 0) is 57.8 Å². The Morgan fingerprint density at radius 1 is 0.333 bits per heavy atom. The van der Waals surface area contributed by atoms with Gasteiger partial charge in [0.15, 0.2) is 0 Å². The third-order valence-electron chi connectivity index (χ3n) is 17.5. The van der Waals surface area contributed by atoms with E-state index in [-0.39, 0.29) is 18.5 Å². The van der Waals surface area contributed by atoms with E-state index >= 15 is 0 Å². The first-order valence-corrected chi connectivity index (χ1v) is 37.1. The average molecular weight is 1140 g/mol. The van der Waals surface area contributed by atoms with Crippen LogP contribution in [0.15, 0.2) is 24.3 Å². The Morgan fingerprint density at radius 2 is 0.580 bits per heavy atom. The van der Waals surface area contributed by atoms with Gasteiger partial charge in [-0.15, -0.1) is 0 Å². The van der Waals surface area contributed by atoms with Gasteiger partial charge in [0.2, 0.25) is 5.91 Å². The molecule has 0 radical (unpaired) electrons. The molecule has 0 saturated carbocycles. The van der Waals surface area contributed by atoms with E-state index in [0.717, 1.165) is 38.5 Å². The van der Waals surface area contributed by atoms with E-state index in [1.54, 1.807) is 6.08 Å². The number of ether oxygens (including phenoxy) is 1. The van der Waals surface area contributed by atoms with Gasteiger partial charge < -0.3 is 20.3 Å². The van der Waals surface area contributed by atoms with E-state index in [2.05, 4.69) is 31.3 Å². The van der Waals surface area contributed by atoms with Crippen LogP contribution in [0.2, 0.25) is 0 Å². The molecule has 2 atom stereocenters. The highest BCUT2D eigenvalue weighted by Crippen LogP contribution is 2.19. The fraction of sp³-hybridized carbons (Fsp3) is 0.920. The van der Waals surface area contributed by atoms with Crippen molar-refractivity contribution in [3.05, 3.63) is 24.3 Å². The SMILES string of the molecule is CCCCCCCCCCCCCCCCCCCC/C=C/C(O)C(CO)NC(=O)CCCCCCCCCCCCCC/C=C\CCCCCCCCCCCCCCOC(=O)CCCCCCCCCCCCCCCCCC. The van der Waals surface area contributed by atoms with Crippen LogP contribution in [-0.2, 0) is 14.3 Å². The number of nitrogens with one attached hydrogen (secondary N) is 1. The molecule has 1 amide bonds. The highest BCUT2D eigenvalue weighted by molar-refractivity contribution is 5.76. The van der Waals surface area contributed by atoms with Crippen molar-refractivity contribution in [3.63, 3.8) is 0 Å². The molecule has 3 N–H and O–H groups in total. The van der Waals surface area contributed by atoms with Crippen LogP contribution >= 0.6 is 0 Å². The van der Waals surface area contributed by atoms with Crippen molar-refractivity contribution >= 4 is 11.9 Å². The minimum atomic E-state index is -0.845. The zero-order chi connectivity index (χ0) is 58.5. The van der Waals surface area contributed by atoms with Gasteiger partial charge in [0.05, 0.1) is 25.4 Å². The summed E-state index contributed by atoms with van der Waals surface area (Å²) >= 11 is 0. The molecule has 6 heteroatoms. The van der Waals surface area contributed by atoms with Crippen LogP contribution in [0.5, 0.6) is 0 Å². The number of carbonyl (C=O) groups excluding carboxylic acids is 2. The highest BCUT2D eigenvalue weighted by Gasteiger charge is 2.18. The van der Waals surface area contributed by atoms with Gasteiger partial charge in [-0.2, -0.15) is 0 Å². The number of amides is 1. The lowest BCUT2D eigenvalue weighted by Gasteiger charge is -2.20. The summed E-state index contributed by atoms with van der Waals surface area (Å²) in [5.74, 6) is -0.0439. The fourth-order valence-electron chi connectivity index (χ4n) is 11.8. The third-order valence-corrected chi connectivity index (χ3v) is 17.5. The second-order valence-electron chi connectivity index (χ2n) is 25.6. The first kappa shape index (κ1) is 79.3. The van der Waals surface area contributed by atoms with Crippen LogP contribution < -0.4 is 5.32 Å². The van der Waals surface area contributed by atoms with Gasteiger partial charge in [-0.3, -0.25) is 9.59 Å². The molecule has 6 nitrogen and oxygen atoms in total. The van der Waals surface area contributed by atoms with Crippen molar-refractivity contribution in [3.8, 4) is 0 Å². The highest BCUT2D eigenvalue weighted by atomic mass is 16.5. The van der Waals surface area contributed by atoms with Crippen LogP contribution in [0.4, 0.5) is 0 Å². The van der Waals surface area contributed by atoms with E-state index in [0.29, 0.717) is 19.4 Å². The van der Waals surface area contributed by atoms with Crippen molar-refractivity contribution in [1.82, 2.24) is 5.32 Å². The number of esters is 1. The van der Waals surface area contributed by atoms with Crippen molar-refractivity contribution < 1.29 is 24.5 Å². The predicted octanol–water partition coefficient (Wildman–Crippen LogP) is 24.1. The first-order valence-electron chi connectivity index (χ1n) is 37.1. The summed E-state index contributed by atoms with van der Waals surface area (Å²) in [6, 6.07) is -0.628. The molecular weight excluding hydrogens is 995 g/mol. The van der Waals surface area contributed by atoms with E-state index < -0.39 is 12.1 Å². The number of aliphatic hydroxyl groups is 2. The number of allylic oxidation sites excluding steroid dienone is 3. The second-order valence-corrected chi connectivity index (χ2v) is 25.6. The van der Waals surface area contributed by atoms with Crippen LogP contribution in [0.25, 0.3) is 0 Å². The number of carbonyl (C=O) groups is 2. The number of unbranched alkanes of at least 4 members (excludes halogenated alkanes) is 57. The third kappa shape index (κ3) is 67.3. The Labute approximate surface area is 507 Å². The Kier molecular flexibility index (Phi) is 69.4. The molecule has 0 saturated heterocycles. The lowest BCUT2D eigenvalue weighted by molar-refractivity contribution is -0.143. The largest absolute Gasteiger partial charge is 0.466 e. The van der Waals surface area contributed by atoms with Crippen molar-refractivity contribution in [2.24, 2.45) is 0 Å². The molecule has 0 bridgehead atoms. The molecule has 0 fully saturated rings. The molecule has 0 aliphatic heterocycles. The summed E-state index contributed by atoms with van der Waals surface area (Å²) in [7, 11) is 0. The zero-order valence-electron chi connectivity index (χ0n) is 55.0. The molecule has 2 unspecified atom stereocenters. The molecule has 0 aromatic carbocycles. The van der Waals surface area contributed by atoms with E-state index in [9.17, 15) is 19.8 Å². The first-order chi connectivity index (χ1) is 40.0. The monoisotopic (exact) mass is 1140 g/mol. The summed E-state index contributed by atoms with van der Waals surface area (Å²) in [6.45, 7) is 4.95. The standard InChI is InChI=1S/C75H145NO5/c1-3-5-7-9-11-13-15-17-19-21-22-33-36-39-43-47-51-55-59-63-67-73(78)72(71-77)76-74(79)68-64-60-56-52-48-44-40-37-34-31-29-27-25-23-24-26-28-30-32-35-38-42-46-50-54-58-62-66-70-81-75(80)69-65-61-57-53-49-45-41-20-18-16-14-12-10-8-6-4-2/h23-24,63,67,72-73,77-78H,3-22,25-62,64-66,68-71H2,1-2H3,(H,76,79)/b24-23-,67-63+. The van der Waals surface area contributed by atoms with Crippen molar-refractivity contribution in [2.75, 3.05) is 13.2 Å². The summed E-state index contributed by atoms with van der Waals surface area (Å²) in [6.07, 6.45) is 89.8. The lowest BCUT2D eigenvalue weighted by atomic mass is 10.0. The molecule has 81 heavy (non-hydrogen) atoms. The predicted molar refractivity (Wildman–Crippen MR) is 356 cm³/mol. The molecule has 0 aliphatic rings. The van der Waals surface area contributed by atoms with Crippen LogP contribution in [-0.4, -0.2) is 47.4 Å². The fourth-order valence-corrected chi connectivity index (χ4v) is 11.8. The van der Waals surface area contributed by atoms with Gasteiger partial charge in [-0.1, -0.05) is 372 Å². The van der Waals surface area contributed by atoms with Gasteiger partial charge in [0, 0.05) is 12.8 Å². The van der Waals surface area contributed by atoms with Gasteiger partial charge in [0.1, 0.15) is 0 Å². The average Bonchev–Trinajstić information content (AvgIpc) is 3.47. The molecule has 0 aromatic rings. The van der Waals surface area contributed by atoms with Gasteiger partial charge in [-0.25, -0.2) is 0 Å². The molecule has 0 rings (SSSR count). The molecule has 0 heterocycles. The normalized spacial score (nSPS) is 12.6. The number of hydrogen-bond acceptors (Lipinski definition) is 5. The van der Waals surface area contributed by atoms with Gasteiger partial charge in [0.25, 0.3) is 0 Å². The maximum absolute atomic E-state index is 12.5. The van der Waals surface area contributed by atoms with Crippen molar-refractivity contribution in [2.45, 2.75) is 431 Å². The molecule has 0 aromatic heterocycles. The van der Waals surface area contributed by atoms with E-state index in [1.165, 1.54) is 353 Å². The summed E-state index contributed by atoms with van der Waals surface area (Å²) in [4.78, 5) is 24.6. The second kappa shape index (κ2) is 70.8. The molecule has 0 spiro atoms. The van der Waals surface area contributed by atoms with Gasteiger partial charge >= 0.3 is 5.97 Å². The zero-order valence-corrected chi connectivity index (χ0v) is 55.0. The number of aliphatic hydroxyl groups excluding tert-OH is 2. The molecule has 480 valence electrons. The Bertz CT molecular complexity index is 1270. The number of rotatable bonds is 70. The van der Waals surface area contributed by atoms with E-state index in [1.807, 2.05) is 6.08 Å². The minimum absolute atomic E-state index is 0.0198. The Morgan fingerprint density at radius 3 is 0.877 bits per heavy atom. The number of hydrogen-bond donors (Lipinski definition) is 3. The molecule has 0 aliphatic carbocycles. The Hall–Kier alpha value is -1.66. The van der Waals surface area contributed by atoms with Crippen LogP contribution in [0.3, 0.4) is 0 Å². The maximum atomic E-state index is 12.5. The maximum Gasteiger partial charge on any atom is 0.305 e. The Balaban J connectivity index is 3.39. The summed E-state index contributed by atoms with van der Waals surface area (Å²) in [5.41, 5.74) is 0. The van der Waals surface area contributed by atoms with Crippen LogP contribution in [0.1, 0.15) is 418 Å². The summed E-state index contributed by atoms with van der Waals surface area (Å²) < 4.78 is 5.50. The van der Waals surface area contributed by atoms with Crippen molar-refractivity contribution in [1.29, 1.82) is 0 Å².